The van der Waals surface area contributed by atoms with E-state index in [0.717, 1.165) is 12.1 Å². The first kappa shape index (κ1) is 17.6. The molecule has 1 unspecified atom stereocenters. The van der Waals surface area contributed by atoms with Crippen molar-refractivity contribution in [3.05, 3.63) is 71.3 Å². The van der Waals surface area contributed by atoms with Gasteiger partial charge in [-0.15, -0.1) is 0 Å². The number of carbonyl (C=O) groups excluding carboxylic acids is 2. The number of hydrogen-bond acceptors (Lipinski definition) is 5. The number of halogens is 2. The van der Waals surface area contributed by atoms with Crippen LogP contribution in [0, 0.1) is 11.6 Å². The van der Waals surface area contributed by atoms with E-state index in [1.165, 1.54) is 32.0 Å². The number of benzene rings is 2. The highest BCUT2D eigenvalue weighted by atomic mass is 19.1. The van der Waals surface area contributed by atoms with Gasteiger partial charge in [0.15, 0.2) is 0 Å². The maximum absolute atomic E-state index is 13.5. The predicted octanol–water partition coefficient (Wildman–Crippen LogP) is 3.87. The Hall–Kier alpha value is -3.22. The van der Waals surface area contributed by atoms with Gasteiger partial charge in [0.25, 0.3) is 5.79 Å². The summed E-state index contributed by atoms with van der Waals surface area (Å²) in [4.78, 5) is 24.2. The summed E-state index contributed by atoms with van der Waals surface area (Å²) >= 11 is 0. The predicted molar refractivity (Wildman–Crippen MR) is 86.6 cm³/mol. The molecule has 26 heavy (non-hydrogen) atoms. The van der Waals surface area contributed by atoms with Crippen molar-refractivity contribution in [2.45, 2.75) is 19.6 Å². The van der Waals surface area contributed by atoms with E-state index < -0.39 is 29.4 Å². The zero-order chi connectivity index (χ0) is 19.1. The molecular formula is C19H14F2O5. The molecule has 5 nitrogen and oxygen atoms in total. The number of carbonyl (C=O) groups is 2. The highest BCUT2D eigenvalue weighted by molar-refractivity contribution is 5.98. The first-order valence-corrected chi connectivity index (χ1v) is 7.59. The minimum absolute atomic E-state index is 0.0154. The lowest BCUT2D eigenvalue weighted by Crippen LogP contribution is -2.39. The van der Waals surface area contributed by atoms with Crippen molar-refractivity contribution < 1.29 is 32.6 Å². The fourth-order valence-electron chi connectivity index (χ4n) is 2.46. The van der Waals surface area contributed by atoms with Gasteiger partial charge >= 0.3 is 11.9 Å². The van der Waals surface area contributed by atoms with Crippen molar-refractivity contribution in [1.29, 1.82) is 0 Å². The molecule has 0 fully saturated rings. The van der Waals surface area contributed by atoms with Gasteiger partial charge in [-0.1, -0.05) is 12.6 Å². The van der Waals surface area contributed by atoms with Gasteiger partial charge in [0.1, 0.15) is 28.7 Å². The van der Waals surface area contributed by atoms with Gasteiger partial charge in [-0.2, -0.15) is 0 Å². The Labute approximate surface area is 147 Å². The van der Waals surface area contributed by atoms with E-state index in [4.69, 9.17) is 14.2 Å². The third kappa shape index (κ3) is 3.15. The standard InChI is InChI=1S/C19H14F2O5/c1-10(2)17(22)24-14-5-4-6-15-16(14)18(23)26-19(3,25-15)11-7-12(20)9-13(21)8-11/h4-9H,1H2,2-3H3. The molecule has 0 saturated carbocycles. The van der Waals surface area contributed by atoms with Crippen LogP contribution in [0.4, 0.5) is 8.78 Å². The quantitative estimate of drug-likeness (QED) is 0.472. The van der Waals surface area contributed by atoms with E-state index in [1.54, 1.807) is 0 Å². The Bertz CT molecular complexity index is 917. The molecule has 134 valence electrons. The zero-order valence-electron chi connectivity index (χ0n) is 14.0. The second kappa shape index (κ2) is 6.25. The van der Waals surface area contributed by atoms with E-state index in [1.807, 2.05) is 0 Å². The van der Waals surface area contributed by atoms with Crippen molar-refractivity contribution in [3.8, 4) is 11.5 Å². The van der Waals surface area contributed by atoms with Crippen LogP contribution in [-0.2, 0) is 15.3 Å². The van der Waals surface area contributed by atoms with E-state index in [0.29, 0.717) is 6.07 Å². The summed E-state index contributed by atoms with van der Waals surface area (Å²) in [5, 5.41) is 0. The van der Waals surface area contributed by atoms with Gasteiger partial charge in [-0.25, -0.2) is 18.4 Å². The monoisotopic (exact) mass is 360 g/mol. The van der Waals surface area contributed by atoms with E-state index in [9.17, 15) is 18.4 Å². The second-order valence-electron chi connectivity index (χ2n) is 5.89. The van der Waals surface area contributed by atoms with Crippen LogP contribution in [0.25, 0.3) is 0 Å². The first-order valence-electron chi connectivity index (χ1n) is 7.59. The van der Waals surface area contributed by atoms with Crippen LogP contribution in [0.3, 0.4) is 0 Å². The molecule has 0 N–H and O–H groups in total. The smallest absolute Gasteiger partial charge is 0.349 e. The molecule has 0 bridgehead atoms. The van der Waals surface area contributed by atoms with Gasteiger partial charge in [-0.05, 0) is 31.2 Å². The summed E-state index contributed by atoms with van der Waals surface area (Å²) in [6.45, 7) is 6.28. The molecule has 0 aliphatic carbocycles. The Balaban J connectivity index is 2.02. The third-order valence-corrected chi connectivity index (χ3v) is 3.72. The van der Waals surface area contributed by atoms with Gasteiger partial charge in [0.2, 0.25) is 0 Å². The Morgan fingerprint density at radius 2 is 1.81 bits per heavy atom. The molecule has 0 saturated heterocycles. The number of esters is 2. The van der Waals surface area contributed by atoms with Crippen LogP contribution in [-0.4, -0.2) is 11.9 Å². The van der Waals surface area contributed by atoms with Crippen LogP contribution in [0.1, 0.15) is 29.8 Å². The number of fused-ring (bicyclic) bond motifs is 1. The van der Waals surface area contributed by atoms with Crippen molar-refractivity contribution in [2.75, 3.05) is 0 Å². The minimum Gasteiger partial charge on any atom is -0.447 e. The van der Waals surface area contributed by atoms with Crippen LogP contribution in [0.5, 0.6) is 11.5 Å². The minimum atomic E-state index is -1.75. The lowest BCUT2D eigenvalue weighted by molar-refractivity contribution is -0.149. The van der Waals surface area contributed by atoms with E-state index >= 15 is 0 Å². The fourth-order valence-corrected chi connectivity index (χ4v) is 2.46. The lowest BCUT2D eigenvalue weighted by Gasteiger charge is -2.35. The van der Waals surface area contributed by atoms with Crippen LogP contribution < -0.4 is 9.47 Å². The number of rotatable bonds is 3. The SMILES string of the molecule is C=C(C)C(=O)Oc1cccc2c1C(=O)OC(C)(c1cc(F)cc(F)c1)O2. The molecule has 0 radical (unpaired) electrons. The summed E-state index contributed by atoms with van der Waals surface area (Å²) in [5.41, 5.74) is 0.0301. The molecule has 3 rings (SSSR count). The number of ether oxygens (including phenoxy) is 3. The van der Waals surface area contributed by atoms with Gasteiger partial charge < -0.3 is 14.2 Å². The lowest BCUT2D eigenvalue weighted by atomic mass is 10.0. The molecule has 0 amide bonds. The maximum atomic E-state index is 13.5. The molecule has 7 heteroatoms. The van der Waals surface area contributed by atoms with Gasteiger partial charge in [-0.3, -0.25) is 0 Å². The van der Waals surface area contributed by atoms with Crippen molar-refractivity contribution >= 4 is 11.9 Å². The molecule has 2 aromatic rings. The largest absolute Gasteiger partial charge is 0.447 e. The summed E-state index contributed by atoms with van der Waals surface area (Å²) in [5.74, 6) is -5.00. The molecule has 2 aromatic carbocycles. The summed E-state index contributed by atoms with van der Waals surface area (Å²) in [7, 11) is 0. The number of hydrogen-bond donors (Lipinski definition) is 0. The second-order valence-corrected chi connectivity index (χ2v) is 5.89. The highest BCUT2D eigenvalue weighted by Gasteiger charge is 2.42. The summed E-state index contributed by atoms with van der Waals surface area (Å²) in [6.07, 6.45) is 0. The van der Waals surface area contributed by atoms with E-state index in [2.05, 4.69) is 6.58 Å². The Kier molecular flexibility index (Phi) is 4.23. The van der Waals surface area contributed by atoms with Gasteiger partial charge in [0.05, 0.1) is 0 Å². The molecule has 1 aliphatic rings. The summed E-state index contributed by atoms with van der Waals surface area (Å²) in [6, 6.07) is 7.07. The van der Waals surface area contributed by atoms with Crippen molar-refractivity contribution in [1.82, 2.24) is 0 Å². The van der Waals surface area contributed by atoms with Crippen LogP contribution in [0.2, 0.25) is 0 Å². The zero-order valence-corrected chi connectivity index (χ0v) is 14.0. The normalized spacial score (nSPS) is 18.4. The van der Waals surface area contributed by atoms with Crippen molar-refractivity contribution in [3.63, 3.8) is 0 Å². The molecule has 1 heterocycles. The topological polar surface area (TPSA) is 61.8 Å². The Morgan fingerprint density at radius 1 is 1.15 bits per heavy atom. The Morgan fingerprint density at radius 3 is 2.42 bits per heavy atom. The van der Waals surface area contributed by atoms with Crippen LogP contribution in [0.15, 0.2) is 48.6 Å². The molecule has 1 atom stereocenters. The average molecular weight is 360 g/mol. The fraction of sp³-hybridized carbons (Fsp3) is 0.158. The van der Waals surface area contributed by atoms with Crippen molar-refractivity contribution in [2.24, 2.45) is 0 Å². The van der Waals surface area contributed by atoms with Crippen LogP contribution >= 0.6 is 0 Å². The molecule has 0 spiro atoms. The highest BCUT2D eigenvalue weighted by Crippen LogP contribution is 2.41. The molecule has 1 aliphatic heterocycles. The maximum Gasteiger partial charge on any atom is 0.349 e. The third-order valence-electron chi connectivity index (χ3n) is 3.72. The first-order chi connectivity index (χ1) is 12.2. The molecular weight excluding hydrogens is 346 g/mol. The number of cyclic esters (lactones) is 1. The van der Waals surface area contributed by atoms with E-state index in [-0.39, 0.29) is 28.2 Å². The summed E-state index contributed by atoms with van der Waals surface area (Å²) < 4.78 is 43.1. The molecule has 0 aromatic heterocycles. The van der Waals surface area contributed by atoms with Gasteiger partial charge in [0, 0.05) is 24.1 Å². The average Bonchev–Trinajstić information content (AvgIpc) is 2.53.